The van der Waals surface area contributed by atoms with Gasteiger partial charge in [-0.1, -0.05) is 6.07 Å². The second kappa shape index (κ2) is 6.87. The normalized spacial score (nSPS) is 22.2. The number of rotatable bonds is 5. The molecule has 21 heavy (non-hydrogen) atoms. The van der Waals surface area contributed by atoms with E-state index in [-0.39, 0.29) is 25.4 Å². The Morgan fingerprint density at radius 2 is 2.33 bits per heavy atom. The van der Waals surface area contributed by atoms with Crippen molar-refractivity contribution in [2.24, 2.45) is 0 Å². The van der Waals surface area contributed by atoms with Crippen molar-refractivity contribution in [2.45, 2.75) is 24.7 Å². The fraction of sp³-hybridized carbons (Fsp3) is 0.615. The van der Waals surface area contributed by atoms with Gasteiger partial charge in [-0.3, -0.25) is 9.69 Å². The number of hydrogen-bond donors (Lipinski definition) is 1. The van der Waals surface area contributed by atoms with E-state index in [4.69, 9.17) is 4.74 Å². The van der Waals surface area contributed by atoms with Crippen LogP contribution in [0, 0.1) is 0 Å². The average molecular weight is 323 g/mol. The summed E-state index contributed by atoms with van der Waals surface area (Å²) in [6.07, 6.45) is -6.97. The van der Waals surface area contributed by atoms with Crippen LogP contribution in [0.3, 0.4) is 0 Å². The molecule has 0 aromatic carbocycles. The molecule has 0 spiro atoms. The minimum absolute atomic E-state index is 0.0884. The van der Waals surface area contributed by atoms with Gasteiger partial charge in [-0.15, -0.1) is 11.3 Å². The molecule has 4 nitrogen and oxygen atoms in total. The number of ether oxygens (including phenoxy) is 1. The van der Waals surface area contributed by atoms with Crippen LogP contribution in [-0.2, 0) is 4.74 Å². The number of halogens is 3. The molecule has 1 aliphatic heterocycles. The Morgan fingerprint density at radius 3 is 2.95 bits per heavy atom. The summed E-state index contributed by atoms with van der Waals surface area (Å²) < 4.78 is 42.6. The van der Waals surface area contributed by atoms with Gasteiger partial charge in [0, 0.05) is 25.6 Å². The highest BCUT2D eigenvalue weighted by atomic mass is 32.1. The Hall–Kier alpha value is -0.960. The molecule has 1 aromatic heterocycles. The maximum Gasteiger partial charge on any atom is 0.415 e. The molecular formula is C13H16F3NO3S. The van der Waals surface area contributed by atoms with Crippen LogP contribution in [0.25, 0.3) is 0 Å². The van der Waals surface area contributed by atoms with E-state index in [9.17, 15) is 23.1 Å². The van der Waals surface area contributed by atoms with E-state index in [2.05, 4.69) is 0 Å². The zero-order chi connectivity index (χ0) is 15.5. The number of carbonyl (C=O) groups excluding carboxylic acids is 1. The third-order valence-electron chi connectivity index (χ3n) is 3.35. The Balaban J connectivity index is 1.97. The van der Waals surface area contributed by atoms with E-state index < -0.39 is 24.9 Å². The second-order valence-electron chi connectivity index (χ2n) is 4.89. The zero-order valence-electron chi connectivity index (χ0n) is 11.2. The predicted molar refractivity (Wildman–Crippen MR) is 71.5 cm³/mol. The fourth-order valence-electron chi connectivity index (χ4n) is 2.20. The molecule has 8 heteroatoms. The topological polar surface area (TPSA) is 49.8 Å². The average Bonchev–Trinajstić information content (AvgIpc) is 2.93. The predicted octanol–water partition coefficient (Wildman–Crippen LogP) is 1.94. The number of hydrogen-bond acceptors (Lipinski definition) is 5. The number of Topliss-reactive ketones (excluding diaryl/α,β-unsaturated/α-hetero) is 1. The number of alkyl halides is 3. The Bertz CT molecular complexity index is 464. The molecule has 0 amide bonds. The van der Waals surface area contributed by atoms with Crippen molar-refractivity contribution in [2.75, 3.05) is 26.3 Å². The molecular weight excluding hydrogens is 307 g/mol. The van der Waals surface area contributed by atoms with Crippen LogP contribution in [-0.4, -0.2) is 60.4 Å². The van der Waals surface area contributed by atoms with Gasteiger partial charge in [0.1, 0.15) is 0 Å². The van der Waals surface area contributed by atoms with Crippen LogP contribution in [0.1, 0.15) is 16.1 Å². The lowest BCUT2D eigenvalue weighted by molar-refractivity contribution is -0.212. The summed E-state index contributed by atoms with van der Waals surface area (Å²) >= 11 is 1.30. The molecule has 1 N–H and O–H groups in total. The van der Waals surface area contributed by atoms with Crippen molar-refractivity contribution in [1.82, 2.24) is 4.90 Å². The second-order valence-corrected chi connectivity index (χ2v) is 5.83. The Morgan fingerprint density at radius 1 is 1.57 bits per heavy atom. The first-order valence-corrected chi connectivity index (χ1v) is 7.39. The lowest BCUT2D eigenvalue weighted by Crippen LogP contribution is -2.51. The van der Waals surface area contributed by atoms with Crippen LogP contribution in [0.2, 0.25) is 0 Å². The van der Waals surface area contributed by atoms with Gasteiger partial charge in [0.05, 0.1) is 18.1 Å². The van der Waals surface area contributed by atoms with Crippen LogP contribution >= 0.6 is 11.3 Å². The summed E-state index contributed by atoms with van der Waals surface area (Å²) in [7, 11) is 0. The number of ketones is 1. The van der Waals surface area contributed by atoms with Gasteiger partial charge in [-0.2, -0.15) is 13.2 Å². The summed E-state index contributed by atoms with van der Waals surface area (Å²) in [5.74, 6) is -0.119. The summed E-state index contributed by atoms with van der Waals surface area (Å²) in [5, 5.41) is 11.0. The van der Waals surface area contributed by atoms with Crippen molar-refractivity contribution < 1.29 is 27.8 Å². The highest BCUT2D eigenvalue weighted by Gasteiger charge is 2.40. The maximum absolute atomic E-state index is 12.4. The molecule has 0 saturated carbocycles. The molecule has 1 aromatic rings. The first-order valence-electron chi connectivity index (χ1n) is 6.51. The van der Waals surface area contributed by atoms with Crippen molar-refractivity contribution in [3.8, 4) is 0 Å². The van der Waals surface area contributed by atoms with E-state index in [1.54, 1.807) is 17.5 Å². The van der Waals surface area contributed by atoms with Gasteiger partial charge in [0.2, 0.25) is 0 Å². The lowest BCUT2D eigenvalue weighted by Gasteiger charge is -2.36. The quantitative estimate of drug-likeness (QED) is 0.842. The van der Waals surface area contributed by atoms with Crippen LogP contribution < -0.4 is 0 Å². The van der Waals surface area contributed by atoms with Crippen LogP contribution in [0.5, 0.6) is 0 Å². The first-order chi connectivity index (χ1) is 9.88. The number of aliphatic hydroxyl groups is 1. The number of nitrogens with zero attached hydrogens (tertiary/aromatic N) is 1. The molecule has 0 bridgehead atoms. The summed E-state index contributed by atoms with van der Waals surface area (Å²) in [6, 6.07) is 3.00. The van der Waals surface area contributed by atoms with Gasteiger partial charge in [-0.25, -0.2) is 0 Å². The summed E-state index contributed by atoms with van der Waals surface area (Å²) in [6.45, 7) is 0.237. The zero-order valence-corrected chi connectivity index (χ0v) is 12.0. The molecule has 0 radical (unpaired) electrons. The molecule has 0 aliphatic carbocycles. The number of β-amino-alcohol motifs (C(OH)–C–C–N with tert-alkyl or cyclic N) is 1. The Labute approximate surface area is 124 Å². The van der Waals surface area contributed by atoms with Gasteiger partial charge < -0.3 is 9.84 Å². The van der Waals surface area contributed by atoms with E-state index >= 15 is 0 Å². The van der Waals surface area contributed by atoms with Crippen molar-refractivity contribution in [1.29, 1.82) is 0 Å². The standard InChI is InChI=1S/C13H16F3NO3S/c14-13(15,16)12(19)7-17-3-4-20-8-9(17)6-10(18)11-2-1-5-21-11/h1-2,5,9,12,19H,3-4,6-8H2. The third kappa shape index (κ3) is 4.50. The first kappa shape index (κ1) is 16.4. The van der Waals surface area contributed by atoms with E-state index in [0.29, 0.717) is 11.5 Å². The number of morpholine rings is 1. The number of aliphatic hydroxyl groups excluding tert-OH is 1. The van der Waals surface area contributed by atoms with E-state index in [1.165, 1.54) is 16.2 Å². The maximum atomic E-state index is 12.4. The molecule has 1 aliphatic rings. The molecule has 2 rings (SSSR count). The summed E-state index contributed by atoms with van der Waals surface area (Å²) in [4.78, 5) is 14.1. The SMILES string of the molecule is O=C(CC1COCCN1CC(O)C(F)(F)F)c1cccs1. The largest absolute Gasteiger partial charge is 0.415 e. The fourth-order valence-corrected chi connectivity index (χ4v) is 2.87. The van der Waals surface area contributed by atoms with Crippen molar-refractivity contribution in [3.63, 3.8) is 0 Å². The van der Waals surface area contributed by atoms with Gasteiger partial charge >= 0.3 is 6.18 Å². The van der Waals surface area contributed by atoms with E-state index in [0.717, 1.165) is 0 Å². The molecule has 1 fully saturated rings. The number of carbonyl (C=O) groups is 1. The van der Waals surface area contributed by atoms with Gasteiger partial charge in [0.15, 0.2) is 11.9 Å². The van der Waals surface area contributed by atoms with Crippen LogP contribution in [0.4, 0.5) is 13.2 Å². The Kier molecular flexibility index (Phi) is 5.37. The molecule has 118 valence electrons. The van der Waals surface area contributed by atoms with Crippen molar-refractivity contribution >= 4 is 17.1 Å². The lowest BCUT2D eigenvalue weighted by atomic mass is 10.1. The third-order valence-corrected chi connectivity index (χ3v) is 4.26. The molecule has 2 atom stereocenters. The van der Waals surface area contributed by atoms with E-state index in [1.807, 2.05) is 0 Å². The minimum atomic E-state index is -4.65. The molecule has 2 unspecified atom stereocenters. The van der Waals surface area contributed by atoms with Gasteiger partial charge in [-0.05, 0) is 11.4 Å². The molecule has 1 saturated heterocycles. The van der Waals surface area contributed by atoms with Crippen molar-refractivity contribution in [3.05, 3.63) is 22.4 Å². The highest BCUT2D eigenvalue weighted by molar-refractivity contribution is 7.12. The monoisotopic (exact) mass is 323 g/mol. The minimum Gasteiger partial charge on any atom is -0.382 e. The summed E-state index contributed by atoms with van der Waals surface area (Å²) in [5.41, 5.74) is 0. The smallest absolute Gasteiger partial charge is 0.382 e. The molecule has 2 heterocycles. The van der Waals surface area contributed by atoms with Crippen LogP contribution in [0.15, 0.2) is 17.5 Å². The highest BCUT2D eigenvalue weighted by Crippen LogP contribution is 2.23. The number of thiophene rings is 1. The van der Waals surface area contributed by atoms with Gasteiger partial charge in [0.25, 0.3) is 0 Å².